The number of amides is 1. The largest absolute Gasteiger partial charge is 0.503 e. The lowest BCUT2D eigenvalue weighted by molar-refractivity contribution is -0.117. The van der Waals surface area contributed by atoms with Gasteiger partial charge in [-0.25, -0.2) is 8.78 Å². The number of carbonyl (C=O) groups excluding carboxylic acids is 2. The summed E-state index contributed by atoms with van der Waals surface area (Å²) in [6.07, 6.45) is 0. The summed E-state index contributed by atoms with van der Waals surface area (Å²) in [6.45, 7) is 0. The number of furan rings is 1. The molecule has 0 aliphatic carbocycles. The monoisotopic (exact) mass is 511 g/mol. The number of hydrogen-bond donors (Lipinski definition) is 1. The number of nitrogens with zero attached hydrogens (tertiary/aromatic N) is 1. The van der Waals surface area contributed by atoms with Crippen LogP contribution in [0.4, 0.5) is 14.5 Å². The summed E-state index contributed by atoms with van der Waals surface area (Å²) in [7, 11) is 1.47. The number of para-hydroxylation sites is 1. The lowest BCUT2D eigenvalue weighted by Gasteiger charge is -2.27. The topological polar surface area (TPSA) is 80.0 Å². The molecule has 6 nitrogen and oxygen atoms in total. The molecule has 4 aromatic carbocycles. The standard InChI is InChI=1S/C30H19F2NO5/c1-37-23-11-5-8-17-14-24(38-29(17)23)27(34)25-26(20-10-4-7-16-6-2-3-9-19(16)20)33(30(36)28(25)35)18-12-13-21(31)22(32)15-18/h2-15,26,35H,1H3. The number of benzene rings is 4. The molecule has 38 heavy (non-hydrogen) atoms. The van der Waals surface area contributed by atoms with Crippen molar-refractivity contribution in [1.29, 1.82) is 0 Å². The van der Waals surface area contributed by atoms with Crippen LogP contribution in [0.15, 0.2) is 101 Å². The molecule has 0 fully saturated rings. The van der Waals surface area contributed by atoms with E-state index in [-0.39, 0.29) is 17.0 Å². The number of hydrogen-bond acceptors (Lipinski definition) is 5. The second kappa shape index (κ2) is 8.85. The molecular weight excluding hydrogens is 492 g/mol. The average molecular weight is 511 g/mol. The first kappa shape index (κ1) is 23.4. The van der Waals surface area contributed by atoms with E-state index < -0.39 is 35.1 Å². The molecule has 1 aliphatic heterocycles. The molecule has 1 aliphatic rings. The second-order valence-electron chi connectivity index (χ2n) is 8.83. The fourth-order valence-corrected chi connectivity index (χ4v) is 4.96. The van der Waals surface area contributed by atoms with E-state index in [1.54, 1.807) is 36.4 Å². The maximum absolute atomic E-state index is 14.3. The van der Waals surface area contributed by atoms with Crippen LogP contribution in [0.5, 0.6) is 5.75 Å². The molecule has 1 N–H and O–H groups in total. The Balaban J connectivity index is 1.57. The molecule has 0 spiro atoms. The van der Waals surface area contributed by atoms with Crippen LogP contribution in [-0.4, -0.2) is 23.9 Å². The Bertz CT molecular complexity index is 1800. The molecule has 8 heteroatoms. The molecule has 0 radical (unpaired) electrons. The second-order valence-corrected chi connectivity index (χ2v) is 8.83. The van der Waals surface area contributed by atoms with E-state index >= 15 is 0 Å². The van der Waals surface area contributed by atoms with Gasteiger partial charge in [0.05, 0.1) is 18.7 Å². The van der Waals surface area contributed by atoms with Gasteiger partial charge >= 0.3 is 0 Å². The van der Waals surface area contributed by atoms with Crippen molar-refractivity contribution in [3.8, 4) is 5.75 Å². The number of rotatable bonds is 5. The van der Waals surface area contributed by atoms with E-state index in [9.17, 15) is 23.5 Å². The van der Waals surface area contributed by atoms with E-state index in [1.165, 1.54) is 19.2 Å². The van der Waals surface area contributed by atoms with Gasteiger partial charge in [0.15, 0.2) is 34.5 Å². The third kappa shape index (κ3) is 3.53. The predicted molar refractivity (Wildman–Crippen MR) is 137 cm³/mol. The van der Waals surface area contributed by atoms with Crippen LogP contribution >= 0.6 is 0 Å². The molecule has 2 heterocycles. The van der Waals surface area contributed by atoms with Gasteiger partial charge in [-0.05, 0) is 40.6 Å². The molecule has 1 unspecified atom stereocenters. The third-order valence-corrected chi connectivity index (χ3v) is 6.70. The van der Waals surface area contributed by atoms with Crippen molar-refractivity contribution in [2.45, 2.75) is 6.04 Å². The summed E-state index contributed by atoms with van der Waals surface area (Å²) in [4.78, 5) is 28.5. The molecule has 6 rings (SSSR count). The van der Waals surface area contributed by atoms with Crippen LogP contribution in [0.1, 0.15) is 22.2 Å². The predicted octanol–water partition coefficient (Wildman–Crippen LogP) is 6.66. The summed E-state index contributed by atoms with van der Waals surface area (Å²) in [5.41, 5.74) is 0.589. The number of halogens is 2. The molecule has 188 valence electrons. The zero-order valence-corrected chi connectivity index (χ0v) is 19.9. The number of ketones is 1. The normalized spacial score (nSPS) is 15.6. The highest BCUT2D eigenvalue weighted by atomic mass is 19.2. The van der Waals surface area contributed by atoms with Crippen molar-refractivity contribution in [2.24, 2.45) is 0 Å². The van der Waals surface area contributed by atoms with Crippen molar-refractivity contribution >= 4 is 39.1 Å². The number of aliphatic hydroxyl groups excluding tert-OH is 1. The Morgan fingerprint density at radius 2 is 1.66 bits per heavy atom. The molecule has 0 saturated heterocycles. The molecule has 1 aromatic heterocycles. The lowest BCUT2D eigenvalue weighted by atomic mass is 9.91. The van der Waals surface area contributed by atoms with Gasteiger partial charge in [-0.15, -0.1) is 0 Å². The van der Waals surface area contributed by atoms with E-state index in [2.05, 4.69) is 0 Å². The highest BCUT2D eigenvalue weighted by molar-refractivity contribution is 6.21. The fraction of sp³-hybridized carbons (Fsp3) is 0.0667. The summed E-state index contributed by atoms with van der Waals surface area (Å²) >= 11 is 0. The molecule has 1 atom stereocenters. The van der Waals surface area contributed by atoms with Crippen molar-refractivity contribution in [3.63, 3.8) is 0 Å². The van der Waals surface area contributed by atoms with E-state index in [4.69, 9.17) is 9.15 Å². The van der Waals surface area contributed by atoms with Crippen LogP contribution < -0.4 is 9.64 Å². The highest BCUT2D eigenvalue weighted by Crippen LogP contribution is 2.44. The third-order valence-electron chi connectivity index (χ3n) is 6.70. The Morgan fingerprint density at radius 3 is 2.45 bits per heavy atom. The summed E-state index contributed by atoms with van der Waals surface area (Å²) in [5, 5.41) is 13.2. The number of ether oxygens (including phenoxy) is 1. The van der Waals surface area contributed by atoms with E-state index in [0.29, 0.717) is 27.7 Å². The minimum atomic E-state index is -1.17. The van der Waals surface area contributed by atoms with Crippen molar-refractivity contribution in [2.75, 3.05) is 12.0 Å². The van der Waals surface area contributed by atoms with Gasteiger partial charge in [-0.1, -0.05) is 54.6 Å². The Morgan fingerprint density at radius 1 is 0.921 bits per heavy atom. The van der Waals surface area contributed by atoms with Gasteiger partial charge in [0.2, 0.25) is 5.78 Å². The smallest absolute Gasteiger partial charge is 0.294 e. The maximum Gasteiger partial charge on any atom is 0.294 e. The first-order valence-electron chi connectivity index (χ1n) is 11.7. The number of methoxy groups -OCH3 is 1. The molecular formula is C30H19F2NO5. The van der Waals surface area contributed by atoms with Gasteiger partial charge in [0.25, 0.3) is 5.91 Å². The Labute approximate surface area is 215 Å². The van der Waals surface area contributed by atoms with Crippen LogP contribution in [0.3, 0.4) is 0 Å². The number of fused-ring (bicyclic) bond motifs is 2. The Kier molecular flexibility index (Phi) is 5.45. The van der Waals surface area contributed by atoms with Gasteiger partial charge in [0.1, 0.15) is 0 Å². The minimum absolute atomic E-state index is 0.0209. The van der Waals surface area contributed by atoms with Gasteiger partial charge < -0.3 is 14.3 Å². The van der Waals surface area contributed by atoms with Crippen molar-refractivity contribution in [1.82, 2.24) is 0 Å². The molecule has 5 aromatic rings. The summed E-state index contributed by atoms with van der Waals surface area (Å²) in [5.74, 6) is -4.41. The quantitative estimate of drug-likeness (QED) is 0.267. The van der Waals surface area contributed by atoms with Crippen LogP contribution in [0.2, 0.25) is 0 Å². The minimum Gasteiger partial charge on any atom is -0.503 e. The van der Waals surface area contributed by atoms with E-state index in [0.717, 1.165) is 22.4 Å². The van der Waals surface area contributed by atoms with Gasteiger partial charge in [0, 0.05) is 17.1 Å². The van der Waals surface area contributed by atoms with Crippen LogP contribution in [0, 0.1) is 11.6 Å². The molecule has 1 amide bonds. The van der Waals surface area contributed by atoms with Crippen LogP contribution in [-0.2, 0) is 4.79 Å². The zero-order chi connectivity index (χ0) is 26.6. The molecule has 0 saturated carbocycles. The summed E-state index contributed by atoms with van der Waals surface area (Å²) in [6, 6.07) is 21.2. The van der Waals surface area contributed by atoms with E-state index in [1.807, 2.05) is 24.3 Å². The average Bonchev–Trinajstić information content (AvgIpc) is 3.48. The molecule has 0 bridgehead atoms. The first-order valence-corrected chi connectivity index (χ1v) is 11.7. The lowest BCUT2D eigenvalue weighted by Crippen LogP contribution is -2.31. The SMILES string of the molecule is COc1cccc2cc(C(=O)C3=C(O)C(=O)N(c4ccc(F)c(F)c4)C3c3cccc4ccccc34)oc12. The van der Waals surface area contributed by atoms with Gasteiger partial charge in [-0.2, -0.15) is 0 Å². The number of Topliss-reactive ketones (excluding diaryl/α,β-unsaturated/α-hetero) is 1. The fourth-order valence-electron chi connectivity index (χ4n) is 4.96. The number of carbonyl (C=O) groups is 2. The van der Waals surface area contributed by atoms with Crippen LogP contribution in [0.25, 0.3) is 21.7 Å². The summed E-state index contributed by atoms with van der Waals surface area (Å²) < 4.78 is 39.2. The maximum atomic E-state index is 14.3. The number of anilines is 1. The first-order chi connectivity index (χ1) is 18.4. The highest BCUT2D eigenvalue weighted by Gasteiger charge is 2.46. The zero-order valence-electron chi connectivity index (χ0n) is 19.9. The number of aliphatic hydroxyl groups is 1. The van der Waals surface area contributed by atoms with Crippen molar-refractivity contribution < 1.29 is 32.6 Å². The van der Waals surface area contributed by atoms with Gasteiger partial charge in [-0.3, -0.25) is 14.5 Å². The Hall–Kier alpha value is -4.98. The van der Waals surface area contributed by atoms with Crippen molar-refractivity contribution in [3.05, 3.63) is 119 Å².